The number of halogens is 4. The number of hydrogen-bond donors (Lipinski definition) is 0. The van der Waals surface area contributed by atoms with E-state index in [0.717, 1.165) is 0 Å². The van der Waals surface area contributed by atoms with Crippen molar-refractivity contribution < 1.29 is 59.7 Å². The van der Waals surface area contributed by atoms with Gasteiger partial charge >= 0.3 is 22.4 Å². The number of carboxylic acid groups (broad SMARTS) is 2. The molecule has 1 aromatic rings. The molecule has 0 N–H and O–H groups in total. The molecule has 1 aromatic carbocycles. The van der Waals surface area contributed by atoms with Gasteiger partial charge in [-0.1, -0.05) is 0 Å². The number of carboxylic acids is 2. The van der Waals surface area contributed by atoms with Crippen molar-refractivity contribution in [2.45, 2.75) is 0 Å². The second-order valence-electron chi connectivity index (χ2n) is 2.58. The Bertz CT molecular complexity index is 458. The van der Waals surface area contributed by atoms with E-state index in [2.05, 4.69) is 0 Å². The fourth-order valence-electron chi connectivity index (χ4n) is 1.02. The minimum atomic E-state index is -2.51. The van der Waals surface area contributed by atoms with E-state index in [1.165, 1.54) is 0 Å². The summed E-state index contributed by atoms with van der Waals surface area (Å²) in [5.74, 6) is -14.6. The summed E-state index contributed by atoms with van der Waals surface area (Å²) in [4.78, 5) is 20.5. The molecule has 0 saturated carbocycles. The van der Waals surface area contributed by atoms with Crippen LogP contribution in [0.5, 0.6) is 0 Å². The van der Waals surface area contributed by atoms with Crippen LogP contribution in [0.15, 0.2) is 0 Å². The first-order valence-electron chi connectivity index (χ1n) is 3.57. The van der Waals surface area contributed by atoms with Gasteiger partial charge in [-0.2, -0.15) is 0 Å². The topological polar surface area (TPSA) is 80.3 Å². The molecule has 95 valence electrons. The molecule has 9 heteroatoms. The SMILES string of the molecule is O=C([O-])c1c(F)c(F)c(F)c(F)c1C(=O)[O-].[Ag+2]. The van der Waals surface area contributed by atoms with Crippen LogP contribution in [0.2, 0.25) is 0 Å². The van der Waals surface area contributed by atoms with Crippen molar-refractivity contribution in [2.75, 3.05) is 0 Å². The molecule has 17 heavy (non-hydrogen) atoms. The normalized spacial score (nSPS) is 9.65. The van der Waals surface area contributed by atoms with Gasteiger partial charge in [0.2, 0.25) is 0 Å². The fraction of sp³-hybridized carbons (Fsp3) is 0. The molecule has 0 fully saturated rings. The van der Waals surface area contributed by atoms with E-state index in [0.29, 0.717) is 0 Å². The molecule has 4 nitrogen and oxygen atoms in total. The molecule has 1 radical (unpaired) electrons. The second-order valence-corrected chi connectivity index (χ2v) is 2.58. The van der Waals surface area contributed by atoms with Crippen LogP contribution in [0.25, 0.3) is 0 Å². The molecule has 0 unspecified atom stereocenters. The third-order valence-corrected chi connectivity index (χ3v) is 1.68. The molecule has 0 aliphatic heterocycles. The zero-order chi connectivity index (χ0) is 12.6. The number of aromatic carboxylic acids is 2. The van der Waals surface area contributed by atoms with E-state index in [1.54, 1.807) is 0 Å². The summed E-state index contributed by atoms with van der Waals surface area (Å²) in [5.41, 5.74) is -3.87. The molecule has 0 aliphatic rings. The molecule has 0 heterocycles. The van der Waals surface area contributed by atoms with Crippen LogP contribution >= 0.6 is 0 Å². The average Bonchev–Trinajstić information content (AvgIpc) is 2.18. The summed E-state index contributed by atoms with van der Waals surface area (Å²) in [6.07, 6.45) is 0. The minimum Gasteiger partial charge on any atom is -0.545 e. The van der Waals surface area contributed by atoms with Crippen molar-refractivity contribution in [1.29, 1.82) is 0 Å². The largest absolute Gasteiger partial charge is 2.00 e. The summed E-state index contributed by atoms with van der Waals surface area (Å²) >= 11 is 0. The van der Waals surface area contributed by atoms with Crippen LogP contribution in [0.1, 0.15) is 20.7 Å². The molecule has 0 atom stereocenters. The van der Waals surface area contributed by atoms with Crippen LogP contribution in [-0.4, -0.2) is 11.9 Å². The maximum Gasteiger partial charge on any atom is 2.00 e. The number of carbonyl (C=O) groups excluding carboxylic acids is 2. The molecular weight excluding hydrogens is 344 g/mol. The minimum absolute atomic E-state index is 0. The third-order valence-electron chi connectivity index (χ3n) is 1.68. The molecule has 0 amide bonds. The van der Waals surface area contributed by atoms with Gasteiger partial charge in [0.1, 0.15) is 0 Å². The van der Waals surface area contributed by atoms with Gasteiger partial charge in [-0.15, -0.1) is 0 Å². The number of rotatable bonds is 2. The van der Waals surface area contributed by atoms with E-state index in [-0.39, 0.29) is 22.4 Å². The van der Waals surface area contributed by atoms with Gasteiger partial charge in [-0.05, 0) is 0 Å². The van der Waals surface area contributed by atoms with Gasteiger partial charge in [0, 0.05) is 11.1 Å². The van der Waals surface area contributed by atoms with Crippen molar-refractivity contribution >= 4 is 11.9 Å². The Hall–Kier alpha value is -1.38. The summed E-state index contributed by atoms with van der Waals surface area (Å²) in [7, 11) is 0. The van der Waals surface area contributed by atoms with Crippen LogP contribution in [-0.2, 0) is 22.4 Å². The van der Waals surface area contributed by atoms with E-state index in [1.807, 2.05) is 0 Å². The fourth-order valence-corrected chi connectivity index (χ4v) is 1.02. The summed E-state index contributed by atoms with van der Waals surface area (Å²) < 4.78 is 50.8. The zero-order valence-electron chi connectivity index (χ0n) is 7.45. The predicted molar refractivity (Wildman–Crippen MR) is 34.9 cm³/mol. The van der Waals surface area contributed by atoms with Crippen molar-refractivity contribution in [3.05, 3.63) is 34.4 Å². The molecule has 0 bridgehead atoms. The van der Waals surface area contributed by atoms with E-state index in [9.17, 15) is 37.4 Å². The average molecular weight is 344 g/mol. The Morgan fingerprint density at radius 3 is 1.12 bits per heavy atom. The monoisotopic (exact) mass is 343 g/mol. The van der Waals surface area contributed by atoms with Gasteiger partial charge in [0.25, 0.3) is 0 Å². The Kier molecular flexibility index (Phi) is 4.87. The Labute approximate surface area is 106 Å². The van der Waals surface area contributed by atoms with Gasteiger partial charge in [0.15, 0.2) is 23.3 Å². The van der Waals surface area contributed by atoms with Crippen molar-refractivity contribution in [1.82, 2.24) is 0 Å². The van der Waals surface area contributed by atoms with Crippen LogP contribution in [0, 0.1) is 23.3 Å². The van der Waals surface area contributed by atoms with Crippen molar-refractivity contribution in [3.63, 3.8) is 0 Å². The first-order valence-corrected chi connectivity index (χ1v) is 3.57. The van der Waals surface area contributed by atoms with E-state index < -0.39 is 46.3 Å². The van der Waals surface area contributed by atoms with Crippen LogP contribution in [0.3, 0.4) is 0 Å². The summed E-state index contributed by atoms with van der Waals surface area (Å²) in [5, 5.41) is 20.5. The summed E-state index contributed by atoms with van der Waals surface area (Å²) in [6.45, 7) is 0. The molecule has 1 rings (SSSR count). The third kappa shape index (κ3) is 2.48. The number of carbonyl (C=O) groups is 2. The summed E-state index contributed by atoms with van der Waals surface area (Å²) in [6, 6.07) is 0. The second kappa shape index (κ2) is 5.30. The first-order chi connectivity index (χ1) is 7.29. The number of hydrogen-bond acceptors (Lipinski definition) is 4. The molecule has 0 aliphatic carbocycles. The maximum absolute atomic E-state index is 12.8. The van der Waals surface area contributed by atoms with Crippen LogP contribution < -0.4 is 10.2 Å². The zero-order valence-corrected chi connectivity index (χ0v) is 8.93. The molecule has 0 saturated heterocycles. The number of benzene rings is 1. The Balaban J connectivity index is 0.00000256. The van der Waals surface area contributed by atoms with Gasteiger partial charge in [0.05, 0.1) is 11.9 Å². The van der Waals surface area contributed by atoms with Gasteiger partial charge < -0.3 is 19.8 Å². The quantitative estimate of drug-likeness (QED) is 0.297. The predicted octanol–water partition coefficient (Wildman–Crippen LogP) is -1.03. The molecule has 0 spiro atoms. The van der Waals surface area contributed by atoms with E-state index in [4.69, 9.17) is 0 Å². The van der Waals surface area contributed by atoms with Crippen molar-refractivity contribution in [2.24, 2.45) is 0 Å². The molecule has 0 aromatic heterocycles. The maximum atomic E-state index is 12.8. The smallest absolute Gasteiger partial charge is 0.545 e. The standard InChI is InChI=1S/C8H2F4O4.Ag/c9-3-1(7(13)14)2(8(15)16)4(10)6(12)5(3)11;/h(H,13,14)(H,15,16);/q;+2/p-2. The van der Waals surface area contributed by atoms with Crippen LogP contribution in [0.4, 0.5) is 17.6 Å². The Morgan fingerprint density at radius 1 is 0.706 bits per heavy atom. The van der Waals surface area contributed by atoms with Gasteiger partial charge in [-0.25, -0.2) is 17.6 Å². The van der Waals surface area contributed by atoms with Crippen molar-refractivity contribution in [3.8, 4) is 0 Å². The molecular formula is C8AgF4O4. The van der Waals surface area contributed by atoms with E-state index >= 15 is 0 Å². The van der Waals surface area contributed by atoms with Gasteiger partial charge in [-0.3, -0.25) is 0 Å². The first kappa shape index (κ1) is 15.6. The Morgan fingerprint density at radius 2 is 0.941 bits per heavy atom.